The van der Waals surface area contributed by atoms with E-state index in [1.807, 2.05) is 13.8 Å². The number of thioether (sulfide) groups is 1. The van der Waals surface area contributed by atoms with Crippen LogP contribution in [-0.2, 0) is 9.59 Å². The van der Waals surface area contributed by atoms with Crippen LogP contribution >= 0.6 is 11.8 Å². The van der Waals surface area contributed by atoms with E-state index in [4.69, 9.17) is 4.74 Å². The minimum absolute atomic E-state index is 0.0534. The minimum Gasteiger partial charge on any atom is -0.496 e. The fourth-order valence-corrected chi connectivity index (χ4v) is 3.23. The molecule has 9 nitrogen and oxygen atoms in total. The highest BCUT2D eigenvalue weighted by Gasteiger charge is 2.32. The maximum Gasteiger partial charge on any atom is 0.296 e. The number of nitrogens with zero attached hydrogens (tertiary/aromatic N) is 2. The Balaban J connectivity index is 2.04. The standard InChI is InChI=1S/C16H20N4O5S/c1-4-9(2)17-16-19-15(22)13(26-16)8-14(21)18-11-6-5-10(25-3)7-12(11)20(23)24/h5-7,9,13H,4,8H2,1-3H3,(H,18,21)(H,17,19,22)/t9-,13-/m1/s1. The number of anilines is 1. The van der Waals surface area contributed by atoms with Crippen molar-refractivity contribution in [1.82, 2.24) is 5.32 Å². The van der Waals surface area contributed by atoms with Crippen LogP contribution in [0, 0.1) is 10.1 Å². The van der Waals surface area contributed by atoms with E-state index >= 15 is 0 Å². The number of rotatable bonds is 7. The summed E-state index contributed by atoms with van der Waals surface area (Å²) in [5.74, 6) is -0.474. The molecule has 0 spiro atoms. The van der Waals surface area contributed by atoms with Crippen LogP contribution in [0.5, 0.6) is 5.75 Å². The number of hydrogen-bond acceptors (Lipinski definition) is 7. The molecule has 2 rings (SSSR count). The van der Waals surface area contributed by atoms with Crippen LogP contribution in [0.15, 0.2) is 23.2 Å². The number of nitrogens with one attached hydrogen (secondary N) is 2. The van der Waals surface area contributed by atoms with Crippen molar-refractivity contribution >= 4 is 40.1 Å². The van der Waals surface area contributed by atoms with E-state index in [0.29, 0.717) is 10.9 Å². The molecule has 1 aromatic rings. The van der Waals surface area contributed by atoms with Gasteiger partial charge in [-0.1, -0.05) is 18.7 Å². The van der Waals surface area contributed by atoms with Crippen molar-refractivity contribution < 1.29 is 19.2 Å². The molecule has 0 aromatic heterocycles. The fourth-order valence-electron chi connectivity index (χ4n) is 2.16. The first-order chi connectivity index (χ1) is 12.3. The van der Waals surface area contributed by atoms with Gasteiger partial charge in [0.05, 0.1) is 18.1 Å². The van der Waals surface area contributed by atoms with Crippen molar-refractivity contribution in [3.05, 3.63) is 28.3 Å². The molecule has 0 unspecified atom stereocenters. The van der Waals surface area contributed by atoms with Crippen molar-refractivity contribution in [3.8, 4) is 5.75 Å². The monoisotopic (exact) mass is 380 g/mol. The van der Waals surface area contributed by atoms with Crippen LogP contribution in [-0.4, -0.2) is 40.3 Å². The van der Waals surface area contributed by atoms with E-state index < -0.39 is 16.1 Å². The van der Waals surface area contributed by atoms with Gasteiger partial charge >= 0.3 is 0 Å². The van der Waals surface area contributed by atoms with Gasteiger partial charge in [-0.2, -0.15) is 0 Å². The molecule has 1 saturated heterocycles. The molecular formula is C16H20N4O5S. The lowest BCUT2D eigenvalue weighted by molar-refractivity contribution is -0.384. The summed E-state index contributed by atoms with van der Waals surface area (Å²) in [5.41, 5.74) is -0.224. The summed E-state index contributed by atoms with van der Waals surface area (Å²) in [5, 5.41) is 16.2. The zero-order valence-electron chi connectivity index (χ0n) is 14.6. The molecule has 0 saturated carbocycles. The quantitative estimate of drug-likeness (QED) is 0.553. The summed E-state index contributed by atoms with van der Waals surface area (Å²) in [6, 6.07) is 4.21. The second-order valence-electron chi connectivity index (χ2n) is 5.68. The van der Waals surface area contributed by atoms with Gasteiger partial charge in [0.1, 0.15) is 16.7 Å². The molecule has 0 radical (unpaired) electrons. The predicted molar refractivity (Wildman–Crippen MR) is 99.6 cm³/mol. The number of ether oxygens (including phenoxy) is 1. The third-order valence-corrected chi connectivity index (χ3v) is 4.85. The van der Waals surface area contributed by atoms with Crippen LogP contribution in [0.25, 0.3) is 0 Å². The molecule has 1 heterocycles. The molecule has 0 bridgehead atoms. The molecule has 1 fully saturated rings. The summed E-state index contributed by atoms with van der Waals surface area (Å²) in [4.78, 5) is 39.1. The highest BCUT2D eigenvalue weighted by Crippen LogP contribution is 2.30. The third kappa shape index (κ3) is 4.94. The van der Waals surface area contributed by atoms with E-state index in [0.717, 1.165) is 6.42 Å². The predicted octanol–water partition coefficient (Wildman–Crippen LogP) is 2.32. The number of aliphatic imine (C=N–C) groups is 1. The Morgan fingerprint density at radius 3 is 2.88 bits per heavy atom. The molecule has 10 heteroatoms. The van der Waals surface area contributed by atoms with E-state index in [2.05, 4.69) is 15.6 Å². The van der Waals surface area contributed by atoms with E-state index in [1.54, 1.807) is 0 Å². The maximum absolute atomic E-state index is 12.2. The minimum atomic E-state index is -0.616. The first-order valence-electron chi connectivity index (χ1n) is 8.01. The van der Waals surface area contributed by atoms with Crippen molar-refractivity contribution in [2.45, 2.75) is 38.0 Å². The van der Waals surface area contributed by atoms with Crippen LogP contribution in [0.2, 0.25) is 0 Å². The van der Waals surface area contributed by atoms with E-state index in [1.165, 1.54) is 37.1 Å². The van der Waals surface area contributed by atoms with Crippen molar-refractivity contribution in [2.24, 2.45) is 4.99 Å². The molecule has 0 aliphatic carbocycles. The Hall–Kier alpha value is -2.62. The first kappa shape index (κ1) is 19.7. The van der Waals surface area contributed by atoms with Gasteiger partial charge < -0.3 is 15.4 Å². The Morgan fingerprint density at radius 2 is 2.27 bits per heavy atom. The first-order valence-corrected chi connectivity index (χ1v) is 8.89. The Morgan fingerprint density at radius 1 is 1.54 bits per heavy atom. The van der Waals surface area contributed by atoms with Crippen LogP contribution in [0.4, 0.5) is 11.4 Å². The zero-order valence-corrected chi connectivity index (χ0v) is 15.5. The number of amidine groups is 1. The molecule has 1 aromatic carbocycles. The second-order valence-corrected chi connectivity index (χ2v) is 6.87. The third-order valence-electron chi connectivity index (χ3n) is 3.75. The van der Waals surface area contributed by atoms with E-state index in [9.17, 15) is 19.7 Å². The summed E-state index contributed by atoms with van der Waals surface area (Å²) >= 11 is 1.19. The molecule has 2 N–H and O–H groups in total. The molecule has 140 valence electrons. The molecular weight excluding hydrogens is 360 g/mol. The van der Waals surface area contributed by atoms with Crippen LogP contribution in [0.1, 0.15) is 26.7 Å². The number of hydrogen-bond donors (Lipinski definition) is 2. The average molecular weight is 380 g/mol. The second kappa shape index (κ2) is 8.65. The van der Waals surface area contributed by atoms with Crippen LogP contribution < -0.4 is 15.4 Å². The van der Waals surface area contributed by atoms with Gasteiger partial charge in [-0.3, -0.25) is 24.7 Å². The largest absolute Gasteiger partial charge is 0.496 e. The van der Waals surface area contributed by atoms with Gasteiger partial charge in [-0.15, -0.1) is 0 Å². The average Bonchev–Trinajstić information content (AvgIpc) is 2.93. The number of nitro groups is 1. The van der Waals surface area contributed by atoms with Crippen molar-refractivity contribution in [1.29, 1.82) is 0 Å². The van der Waals surface area contributed by atoms with Crippen molar-refractivity contribution in [3.63, 3.8) is 0 Å². The molecule has 26 heavy (non-hydrogen) atoms. The number of benzene rings is 1. The Kier molecular flexibility index (Phi) is 6.56. The van der Waals surface area contributed by atoms with Gasteiger partial charge in [0, 0.05) is 12.5 Å². The lowest BCUT2D eigenvalue weighted by Crippen LogP contribution is -2.28. The number of amides is 2. The zero-order chi connectivity index (χ0) is 19.3. The van der Waals surface area contributed by atoms with Crippen LogP contribution in [0.3, 0.4) is 0 Å². The normalized spacial score (nSPS) is 19.1. The molecule has 1 aliphatic heterocycles. The molecule has 2 atom stereocenters. The van der Waals surface area contributed by atoms with E-state index in [-0.39, 0.29) is 29.7 Å². The molecule has 1 aliphatic rings. The molecule has 2 amide bonds. The fraction of sp³-hybridized carbons (Fsp3) is 0.438. The van der Waals surface area contributed by atoms with Gasteiger partial charge in [0.25, 0.3) is 5.69 Å². The summed E-state index contributed by atoms with van der Waals surface area (Å²) < 4.78 is 4.95. The Labute approximate surface area is 154 Å². The smallest absolute Gasteiger partial charge is 0.296 e. The number of nitro benzene ring substituents is 1. The van der Waals surface area contributed by atoms with Gasteiger partial charge in [-0.25, -0.2) is 0 Å². The van der Waals surface area contributed by atoms with Gasteiger partial charge in [0.15, 0.2) is 5.17 Å². The lowest BCUT2D eigenvalue weighted by Gasteiger charge is -2.09. The number of carbonyl (C=O) groups is 2. The van der Waals surface area contributed by atoms with Gasteiger partial charge in [-0.05, 0) is 25.5 Å². The van der Waals surface area contributed by atoms with Crippen molar-refractivity contribution in [2.75, 3.05) is 12.4 Å². The number of carbonyl (C=O) groups excluding carboxylic acids is 2. The van der Waals surface area contributed by atoms with Gasteiger partial charge in [0.2, 0.25) is 11.8 Å². The Bertz CT molecular complexity index is 752. The highest BCUT2D eigenvalue weighted by atomic mass is 32.2. The SMILES string of the molecule is CC[C@@H](C)N=C1NC(=O)[C@@H](CC(=O)Nc2ccc(OC)cc2[N+](=O)[O-])S1. The number of methoxy groups -OCH3 is 1. The lowest BCUT2D eigenvalue weighted by atomic mass is 10.2. The highest BCUT2D eigenvalue weighted by molar-refractivity contribution is 8.15. The topological polar surface area (TPSA) is 123 Å². The summed E-state index contributed by atoms with van der Waals surface area (Å²) in [6.45, 7) is 3.92. The summed E-state index contributed by atoms with van der Waals surface area (Å²) in [6.07, 6.45) is 0.728. The maximum atomic E-state index is 12.2. The summed E-state index contributed by atoms with van der Waals surface area (Å²) in [7, 11) is 1.39.